The summed E-state index contributed by atoms with van der Waals surface area (Å²) in [5.74, 6) is -0.0953. The highest BCUT2D eigenvalue weighted by Gasteiger charge is 2.15. The highest BCUT2D eigenvalue weighted by molar-refractivity contribution is 6.30. The highest BCUT2D eigenvalue weighted by Crippen LogP contribution is 2.26. The van der Waals surface area contributed by atoms with Gasteiger partial charge in [0.2, 0.25) is 5.88 Å². The summed E-state index contributed by atoms with van der Waals surface area (Å²) in [4.78, 5) is 4.02. The van der Waals surface area contributed by atoms with Gasteiger partial charge in [-0.3, -0.25) is 0 Å². The zero-order chi connectivity index (χ0) is 13.8. The number of pyridine rings is 1. The number of aliphatic hydroxyl groups is 1. The van der Waals surface area contributed by atoms with Crippen molar-refractivity contribution in [3.05, 3.63) is 58.5 Å². The number of methoxy groups -OCH3 is 1. The van der Waals surface area contributed by atoms with Crippen LogP contribution in [0.5, 0.6) is 5.88 Å². The average Bonchev–Trinajstić information content (AvgIpc) is 2.43. The van der Waals surface area contributed by atoms with E-state index in [1.807, 2.05) is 0 Å². The number of benzene rings is 1. The molecule has 1 atom stereocenters. The van der Waals surface area contributed by atoms with Crippen molar-refractivity contribution in [2.24, 2.45) is 0 Å². The van der Waals surface area contributed by atoms with Crippen LogP contribution in [0.25, 0.3) is 0 Å². The first-order valence-corrected chi connectivity index (χ1v) is 6.10. The Balaban J connectivity index is 2.20. The summed E-state index contributed by atoms with van der Waals surface area (Å²) in [6.45, 7) is 0. The number of aromatic nitrogens is 1. The van der Waals surface area contributed by atoms with Crippen molar-refractivity contribution in [2.75, 3.05) is 7.11 Å². The number of aliphatic hydroxyl groups excluding tert-OH is 1. The molecule has 0 radical (unpaired) electrons. The quantitative estimate of drug-likeness (QED) is 0.936. The smallest absolute Gasteiger partial charge is 0.218 e. The molecule has 1 heterocycles. The molecule has 1 aromatic heterocycles. The molecule has 1 aromatic carbocycles. The fraction of sp³-hybridized carbons (Fsp3) is 0.214. The highest BCUT2D eigenvalue weighted by atomic mass is 35.5. The van der Waals surface area contributed by atoms with Gasteiger partial charge in [-0.1, -0.05) is 17.7 Å². The van der Waals surface area contributed by atoms with E-state index >= 15 is 0 Å². The van der Waals surface area contributed by atoms with Crippen LogP contribution in [-0.2, 0) is 6.42 Å². The SMILES string of the molecule is COc1ncccc1C(O)Cc1ccc(F)c(Cl)c1. The minimum atomic E-state index is -0.787. The molecule has 0 aliphatic rings. The molecule has 2 rings (SSSR count). The maximum Gasteiger partial charge on any atom is 0.218 e. The van der Waals surface area contributed by atoms with Crippen molar-refractivity contribution in [1.29, 1.82) is 0 Å². The molecule has 0 spiro atoms. The molecule has 0 amide bonds. The van der Waals surface area contributed by atoms with Gasteiger partial charge in [0.15, 0.2) is 0 Å². The fourth-order valence-corrected chi connectivity index (χ4v) is 2.03. The third-order valence-electron chi connectivity index (χ3n) is 2.77. The van der Waals surface area contributed by atoms with Crippen molar-refractivity contribution < 1.29 is 14.2 Å². The second-order valence-electron chi connectivity index (χ2n) is 4.07. The second kappa shape index (κ2) is 5.99. The lowest BCUT2D eigenvalue weighted by molar-refractivity contribution is 0.173. The maximum absolute atomic E-state index is 13.1. The van der Waals surface area contributed by atoms with Crippen molar-refractivity contribution in [3.8, 4) is 5.88 Å². The Bertz CT molecular complexity index is 577. The fourth-order valence-electron chi connectivity index (χ4n) is 1.83. The second-order valence-corrected chi connectivity index (χ2v) is 4.48. The maximum atomic E-state index is 13.1. The molecule has 19 heavy (non-hydrogen) atoms. The minimum Gasteiger partial charge on any atom is -0.481 e. The van der Waals surface area contributed by atoms with Gasteiger partial charge in [0.25, 0.3) is 0 Å². The van der Waals surface area contributed by atoms with Crippen LogP contribution >= 0.6 is 11.6 Å². The number of hydrogen-bond donors (Lipinski definition) is 1. The molecule has 0 saturated carbocycles. The van der Waals surface area contributed by atoms with E-state index in [1.54, 1.807) is 24.4 Å². The van der Waals surface area contributed by atoms with Crippen LogP contribution in [0.15, 0.2) is 36.5 Å². The summed E-state index contributed by atoms with van der Waals surface area (Å²) in [5.41, 5.74) is 1.33. The largest absolute Gasteiger partial charge is 0.481 e. The molecule has 0 saturated heterocycles. The first-order chi connectivity index (χ1) is 9.11. The van der Waals surface area contributed by atoms with Crippen molar-refractivity contribution >= 4 is 11.6 Å². The number of ether oxygens (including phenoxy) is 1. The van der Waals surface area contributed by atoms with Gasteiger partial charge in [-0.25, -0.2) is 9.37 Å². The Morgan fingerprint density at radius 2 is 2.21 bits per heavy atom. The van der Waals surface area contributed by atoms with Crippen LogP contribution in [0.3, 0.4) is 0 Å². The monoisotopic (exact) mass is 281 g/mol. The molecule has 0 aliphatic carbocycles. The number of rotatable bonds is 4. The zero-order valence-electron chi connectivity index (χ0n) is 10.3. The topological polar surface area (TPSA) is 42.4 Å². The number of nitrogens with zero attached hydrogens (tertiary/aromatic N) is 1. The Labute approximate surface area is 115 Å². The van der Waals surface area contributed by atoms with Gasteiger partial charge in [0.1, 0.15) is 5.82 Å². The molecule has 3 nitrogen and oxygen atoms in total. The summed E-state index contributed by atoms with van der Waals surface area (Å²) < 4.78 is 18.1. The van der Waals surface area contributed by atoms with E-state index in [9.17, 15) is 9.50 Å². The summed E-state index contributed by atoms with van der Waals surface area (Å²) in [5, 5.41) is 10.2. The predicted molar refractivity (Wildman–Crippen MR) is 70.9 cm³/mol. The van der Waals surface area contributed by atoms with Crippen molar-refractivity contribution in [2.45, 2.75) is 12.5 Å². The Morgan fingerprint density at radius 3 is 2.89 bits per heavy atom. The van der Waals surface area contributed by atoms with E-state index < -0.39 is 11.9 Å². The zero-order valence-corrected chi connectivity index (χ0v) is 11.1. The van der Waals surface area contributed by atoms with Gasteiger partial charge in [0, 0.05) is 18.2 Å². The minimum absolute atomic E-state index is 0.0443. The van der Waals surface area contributed by atoms with E-state index in [-0.39, 0.29) is 5.02 Å². The van der Waals surface area contributed by atoms with Crippen LogP contribution in [0.4, 0.5) is 4.39 Å². The third kappa shape index (κ3) is 3.22. The van der Waals surface area contributed by atoms with Gasteiger partial charge < -0.3 is 9.84 Å². The summed E-state index contributed by atoms with van der Waals surface area (Å²) in [6, 6.07) is 7.83. The van der Waals surface area contributed by atoms with Gasteiger partial charge in [-0.05, 0) is 29.8 Å². The van der Waals surface area contributed by atoms with Crippen LogP contribution in [0, 0.1) is 5.82 Å². The average molecular weight is 282 g/mol. The van der Waals surface area contributed by atoms with Crippen molar-refractivity contribution in [3.63, 3.8) is 0 Å². The molecule has 0 fully saturated rings. The first-order valence-electron chi connectivity index (χ1n) is 5.72. The van der Waals surface area contributed by atoms with Crippen LogP contribution in [-0.4, -0.2) is 17.2 Å². The van der Waals surface area contributed by atoms with E-state index in [2.05, 4.69) is 4.98 Å². The lowest BCUT2D eigenvalue weighted by Crippen LogP contribution is -2.05. The molecule has 100 valence electrons. The molecular formula is C14H13ClFNO2. The van der Waals surface area contributed by atoms with Crippen LogP contribution in [0.1, 0.15) is 17.2 Å². The van der Waals surface area contributed by atoms with Crippen molar-refractivity contribution in [1.82, 2.24) is 4.98 Å². The number of hydrogen-bond acceptors (Lipinski definition) is 3. The Morgan fingerprint density at radius 1 is 1.42 bits per heavy atom. The van der Waals surface area contributed by atoms with Gasteiger partial charge in [-0.15, -0.1) is 0 Å². The summed E-state index contributed by atoms with van der Waals surface area (Å²) in [6.07, 6.45) is 1.11. The predicted octanol–water partition coefficient (Wildman–Crippen LogP) is 3.16. The standard InChI is InChI=1S/C14H13ClFNO2/c1-19-14-10(3-2-6-17-14)13(18)8-9-4-5-12(16)11(15)7-9/h2-7,13,18H,8H2,1H3. The van der Waals surface area contributed by atoms with Crippen LogP contribution < -0.4 is 4.74 Å². The molecule has 0 aliphatic heterocycles. The Kier molecular flexibility index (Phi) is 4.35. The summed E-state index contributed by atoms with van der Waals surface area (Å²) in [7, 11) is 1.49. The summed E-state index contributed by atoms with van der Waals surface area (Å²) >= 11 is 5.71. The van der Waals surface area contributed by atoms with E-state index in [1.165, 1.54) is 19.2 Å². The Hall–Kier alpha value is -1.65. The van der Waals surface area contributed by atoms with Gasteiger partial charge in [0.05, 0.1) is 18.2 Å². The lowest BCUT2D eigenvalue weighted by Gasteiger charge is -2.14. The molecule has 5 heteroatoms. The van der Waals surface area contributed by atoms with Gasteiger partial charge in [-0.2, -0.15) is 0 Å². The van der Waals surface area contributed by atoms with E-state index in [0.29, 0.717) is 17.9 Å². The van der Waals surface area contributed by atoms with Crippen LogP contribution in [0.2, 0.25) is 5.02 Å². The van der Waals surface area contributed by atoms with E-state index in [0.717, 1.165) is 5.56 Å². The van der Waals surface area contributed by atoms with E-state index in [4.69, 9.17) is 16.3 Å². The molecule has 1 N–H and O–H groups in total. The first kappa shape index (κ1) is 13.8. The normalized spacial score (nSPS) is 12.2. The molecule has 0 bridgehead atoms. The third-order valence-corrected chi connectivity index (χ3v) is 3.06. The molecule has 1 unspecified atom stereocenters. The lowest BCUT2D eigenvalue weighted by atomic mass is 10.0. The van der Waals surface area contributed by atoms with Gasteiger partial charge >= 0.3 is 0 Å². The molecule has 2 aromatic rings. The molecular weight excluding hydrogens is 269 g/mol. The number of halogens is 2.